The number of hydrogen-bond acceptors (Lipinski definition) is 3. The molecule has 0 amide bonds. The van der Waals surface area contributed by atoms with E-state index in [9.17, 15) is 0 Å². The fourth-order valence-corrected chi connectivity index (χ4v) is 4.86. The number of hydrogen-bond donors (Lipinski definition) is 1. The van der Waals surface area contributed by atoms with Crippen LogP contribution in [0.3, 0.4) is 0 Å². The third kappa shape index (κ3) is 3.77. The van der Waals surface area contributed by atoms with Gasteiger partial charge in [0.2, 0.25) is 0 Å². The summed E-state index contributed by atoms with van der Waals surface area (Å²) < 4.78 is 0. The molecule has 0 aliphatic carbocycles. The molecule has 1 heterocycles. The normalized spacial score (nSPS) is 11.0. The largest absolute Gasteiger partial charge is 0.342 e. The van der Waals surface area contributed by atoms with Crippen LogP contribution in [0.25, 0.3) is 44.3 Å². The van der Waals surface area contributed by atoms with Crippen LogP contribution in [0.2, 0.25) is 0 Å². The Kier molecular flexibility index (Phi) is 5.44. The molecule has 0 atom stereocenters. The van der Waals surface area contributed by atoms with Crippen molar-refractivity contribution in [1.29, 1.82) is 5.26 Å². The molecular formula is C32H24N4. The summed E-state index contributed by atoms with van der Waals surface area (Å²) in [6.07, 6.45) is 0. The van der Waals surface area contributed by atoms with E-state index in [2.05, 4.69) is 102 Å². The average molecular weight is 465 g/mol. The second kappa shape index (κ2) is 9.05. The first kappa shape index (κ1) is 21.6. The van der Waals surface area contributed by atoms with Crippen molar-refractivity contribution in [1.82, 2.24) is 9.97 Å². The van der Waals surface area contributed by atoms with Crippen molar-refractivity contribution in [3.05, 3.63) is 115 Å². The zero-order valence-electron chi connectivity index (χ0n) is 19.9. The number of aromatic nitrogens is 2. The zero-order chi connectivity index (χ0) is 24.5. The number of fused-ring (bicyclic) bond motifs is 3. The molecule has 4 heteroatoms. The second-order valence-corrected chi connectivity index (χ2v) is 8.77. The molecule has 5 aromatic carbocycles. The van der Waals surface area contributed by atoms with E-state index in [1.807, 2.05) is 30.3 Å². The van der Waals surface area contributed by atoms with E-state index in [1.165, 1.54) is 22.3 Å². The Morgan fingerprint density at radius 3 is 2.08 bits per heavy atom. The number of nitrogens with one attached hydrogen (secondary N) is 1. The maximum Gasteiger partial charge on any atom is 0.138 e. The highest BCUT2D eigenvalue weighted by Gasteiger charge is 2.14. The molecule has 0 saturated carbocycles. The summed E-state index contributed by atoms with van der Waals surface area (Å²) in [4.78, 5) is 10.8. The van der Waals surface area contributed by atoms with E-state index in [0.717, 1.165) is 39.9 Å². The number of nitrogens with zero attached hydrogens (tertiary/aromatic N) is 3. The monoisotopic (exact) mass is 464 g/mol. The highest BCUT2D eigenvalue weighted by molar-refractivity contribution is 6.12. The quantitative estimate of drug-likeness (QED) is 0.280. The molecule has 0 fully saturated rings. The van der Waals surface area contributed by atoms with Gasteiger partial charge in [-0.05, 0) is 78.0 Å². The van der Waals surface area contributed by atoms with Crippen LogP contribution in [0.5, 0.6) is 0 Å². The summed E-state index contributed by atoms with van der Waals surface area (Å²) in [5.74, 6) is 0.800. The van der Waals surface area contributed by atoms with Crippen molar-refractivity contribution in [2.75, 3.05) is 11.4 Å². The van der Waals surface area contributed by atoms with E-state index in [0.29, 0.717) is 5.56 Å². The topological polar surface area (TPSA) is 55.7 Å². The van der Waals surface area contributed by atoms with Crippen LogP contribution in [-0.2, 0) is 0 Å². The minimum atomic E-state index is 0.639. The molecule has 6 aromatic rings. The van der Waals surface area contributed by atoms with Crippen molar-refractivity contribution in [2.45, 2.75) is 6.92 Å². The summed E-state index contributed by atoms with van der Waals surface area (Å²) in [6, 6.07) is 39.6. The summed E-state index contributed by atoms with van der Waals surface area (Å²) in [5, 5.41) is 11.4. The van der Waals surface area contributed by atoms with E-state index >= 15 is 0 Å². The predicted molar refractivity (Wildman–Crippen MR) is 148 cm³/mol. The summed E-state index contributed by atoms with van der Waals surface area (Å²) in [5.41, 5.74) is 8.23. The van der Waals surface area contributed by atoms with Crippen LogP contribution in [0.15, 0.2) is 109 Å². The predicted octanol–water partition coefficient (Wildman–Crippen LogP) is 8.08. The van der Waals surface area contributed by atoms with Crippen molar-refractivity contribution < 1.29 is 0 Å². The van der Waals surface area contributed by atoms with Crippen LogP contribution in [0, 0.1) is 11.3 Å². The van der Waals surface area contributed by atoms with Crippen LogP contribution in [0.1, 0.15) is 12.5 Å². The van der Waals surface area contributed by atoms with Gasteiger partial charge >= 0.3 is 0 Å². The maximum atomic E-state index is 9.11. The number of aromatic amines is 1. The number of rotatable bonds is 5. The Balaban J connectivity index is 1.44. The minimum Gasteiger partial charge on any atom is -0.342 e. The fourth-order valence-electron chi connectivity index (χ4n) is 4.86. The van der Waals surface area contributed by atoms with E-state index in [4.69, 9.17) is 10.2 Å². The van der Waals surface area contributed by atoms with Gasteiger partial charge in [-0.3, -0.25) is 0 Å². The lowest BCUT2D eigenvalue weighted by molar-refractivity contribution is 1.02. The molecule has 0 radical (unpaired) electrons. The molecule has 4 nitrogen and oxygen atoms in total. The second-order valence-electron chi connectivity index (χ2n) is 8.77. The lowest BCUT2D eigenvalue weighted by Gasteiger charge is -2.23. The van der Waals surface area contributed by atoms with E-state index in [-0.39, 0.29) is 0 Å². The lowest BCUT2D eigenvalue weighted by atomic mass is 9.97. The third-order valence-electron chi connectivity index (χ3n) is 6.65. The first-order chi connectivity index (χ1) is 17.7. The third-order valence-corrected chi connectivity index (χ3v) is 6.65. The number of H-pyrrole nitrogens is 1. The van der Waals surface area contributed by atoms with Crippen LogP contribution < -0.4 is 4.90 Å². The van der Waals surface area contributed by atoms with Crippen LogP contribution in [0.4, 0.5) is 11.4 Å². The maximum absolute atomic E-state index is 9.11. The zero-order valence-corrected chi connectivity index (χ0v) is 19.9. The Morgan fingerprint density at radius 2 is 1.39 bits per heavy atom. The number of imidazole rings is 1. The van der Waals surface area contributed by atoms with Gasteiger partial charge in [0.1, 0.15) is 5.82 Å². The first-order valence-electron chi connectivity index (χ1n) is 12.1. The summed E-state index contributed by atoms with van der Waals surface area (Å²) >= 11 is 0. The summed E-state index contributed by atoms with van der Waals surface area (Å²) in [7, 11) is 0. The average Bonchev–Trinajstić information content (AvgIpc) is 3.39. The van der Waals surface area contributed by atoms with E-state index in [1.54, 1.807) is 0 Å². The molecule has 1 aromatic heterocycles. The van der Waals surface area contributed by atoms with Crippen molar-refractivity contribution in [2.24, 2.45) is 0 Å². The molecule has 0 spiro atoms. The number of benzene rings is 5. The van der Waals surface area contributed by atoms with Gasteiger partial charge in [-0.25, -0.2) is 4.98 Å². The Labute approximate surface area is 210 Å². The smallest absolute Gasteiger partial charge is 0.138 e. The Bertz CT molecular complexity index is 1710. The van der Waals surface area contributed by atoms with Gasteiger partial charge in [0.15, 0.2) is 0 Å². The van der Waals surface area contributed by atoms with Crippen molar-refractivity contribution >= 4 is 33.2 Å². The van der Waals surface area contributed by atoms with Gasteiger partial charge in [-0.15, -0.1) is 0 Å². The van der Waals surface area contributed by atoms with Crippen molar-refractivity contribution in [3.8, 4) is 28.6 Å². The number of nitriles is 1. The van der Waals surface area contributed by atoms with Gasteiger partial charge in [-0.1, -0.05) is 54.6 Å². The minimum absolute atomic E-state index is 0.639. The Hall–Kier alpha value is -4.88. The summed E-state index contributed by atoms with van der Waals surface area (Å²) in [6.45, 7) is 3.07. The lowest BCUT2D eigenvalue weighted by Crippen LogP contribution is -2.15. The Morgan fingerprint density at radius 1 is 0.750 bits per heavy atom. The van der Waals surface area contributed by atoms with E-state index < -0.39 is 0 Å². The number of para-hydroxylation sites is 1. The van der Waals surface area contributed by atoms with Gasteiger partial charge in [0.25, 0.3) is 0 Å². The fraction of sp³-hybridized carbons (Fsp3) is 0.0625. The molecule has 0 saturated heterocycles. The molecule has 0 unspecified atom stereocenters. The molecule has 36 heavy (non-hydrogen) atoms. The van der Waals surface area contributed by atoms with Crippen molar-refractivity contribution in [3.63, 3.8) is 0 Å². The molecule has 172 valence electrons. The van der Waals surface area contributed by atoms with Crippen LogP contribution >= 0.6 is 0 Å². The number of anilines is 2. The molecular weight excluding hydrogens is 440 g/mol. The highest BCUT2D eigenvalue weighted by Crippen LogP contribution is 2.36. The molecule has 0 aliphatic heterocycles. The van der Waals surface area contributed by atoms with Gasteiger partial charge in [0, 0.05) is 28.9 Å². The first-order valence-corrected chi connectivity index (χ1v) is 12.1. The van der Waals surface area contributed by atoms with Crippen LogP contribution in [-0.4, -0.2) is 16.5 Å². The highest BCUT2D eigenvalue weighted by atomic mass is 15.1. The van der Waals surface area contributed by atoms with Gasteiger partial charge in [0.05, 0.1) is 22.7 Å². The molecule has 6 rings (SSSR count). The van der Waals surface area contributed by atoms with Gasteiger partial charge < -0.3 is 9.88 Å². The standard InChI is InChI=1S/C32H24N4/c1-2-36(25-8-4-3-5-9-25)26-18-16-23(17-19-26)29-20-30-31(28-11-7-6-10-27(28)29)35-32(34-30)24-14-12-22(21-33)13-15-24/h3-20H,2H2,1H3,(H,34,35). The molecule has 1 N–H and O–H groups in total. The molecule has 0 aliphatic rings. The SMILES string of the molecule is CCN(c1ccccc1)c1ccc(-c2cc3[nH]c(-c4ccc(C#N)cc4)nc3c3ccccc23)cc1. The van der Waals surface area contributed by atoms with Gasteiger partial charge in [-0.2, -0.15) is 5.26 Å². The molecule has 0 bridgehead atoms.